The lowest BCUT2D eigenvalue weighted by atomic mass is 9.93. The van der Waals surface area contributed by atoms with Crippen LogP contribution in [0.5, 0.6) is 0 Å². The number of ketones is 1. The molecule has 0 spiro atoms. The Balaban J connectivity index is 1.89. The molecule has 1 aromatic heterocycles. The minimum Gasteiger partial charge on any atom is -0.299 e. The molecule has 88 valence electrons. The normalized spacial score (nSPS) is 22.1. The molecule has 2 nitrogen and oxygen atoms in total. The molecule has 1 saturated carbocycles. The molecule has 16 heavy (non-hydrogen) atoms. The van der Waals surface area contributed by atoms with Crippen LogP contribution in [0.4, 0.5) is 0 Å². The molecule has 1 aliphatic rings. The van der Waals surface area contributed by atoms with Crippen LogP contribution in [0.15, 0.2) is 5.51 Å². The molecule has 2 rings (SSSR count). The van der Waals surface area contributed by atoms with Gasteiger partial charge in [0, 0.05) is 17.2 Å². The number of aryl methyl sites for hydroxylation is 2. The van der Waals surface area contributed by atoms with Gasteiger partial charge >= 0.3 is 0 Å². The molecule has 0 saturated heterocycles. The summed E-state index contributed by atoms with van der Waals surface area (Å²) in [6.45, 7) is 2.06. The summed E-state index contributed by atoms with van der Waals surface area (Å²) in [5.41, 5.74) is 3.05. The number of hydrogen-bond acceptors (Lipinski definition) is 3. The minimum atomic E-state index is 0.323. The molecular weight excluding hydrogens is 218 g/mol. The topological polar surface area (TPSA) is 30.0 Å². The number of aromatic nitrogens is 1. The molecule has 1 aromatic rings. The summed E-state index contributed by atoms with van der Waals surface area (Å²) >= 11 is 1.72. The smallest absolute Gasteiger partial charge is 0.135 e. The molecule has 1 atom stereocenters. The molecule has 0 N–H and O–H groups in total. The third-order valence-electron chi connectivity index (χ3n) is 3.50. The van der Waals surface area contributed by atoms with Crippen molar-refractivity contribution < 1.29 is 4.79 Å². The lowest BCUT2D eigenvalue weighted by Gasteiger charge is -2.11. The Morgan fingerprint density at radius 2 is 2.31 bits per heavy atom. The Morgan fingerprint density at radius 3 is 3.06 bits per heavy atom. The van der Waals surface area contributed by atoms with Gasteiger partial charge in [0.1, 0.15) is 5.78 Å². The van der Waals surface area contributed by atoms with E-state index in [0.29, 0.717) is 11.7 Å². The Morgan fingerprint density at radius 1 is 1.44 bits per heavy atom. The average Bonchev–Trinajstić information content (AvgIpc) is 2.56. The van der Waals surface area contributed by atoms with E-state index in [1.807, 2.05) is 5.51 Å². The maximum absolute atomic E-state index is 11.8. The van der Waals surface area contributed by atoms with Gasteiger partial charge in [0.25, 0.3) is 0 Å². The molecule has 0 radical (unpaired) electrons. The van der Waals surface area contributed by atoms with Gasteiger partial charge in [-0.25, -0.2) is 4.98 Å². The van der Waals surface area contributed by atoms with E-state index in [1.165, 1.54) is 17.7 Å². The monoisotopic (exact) mass is 237 g/mol. The van der Waals surface area contributed by atoms with Crippen LogP contribution in [0.1, 0.15) is 49.1 Å². The van der Waals surface area contributed by atoms with Gasteiger partial charge in [0.05, 0.1) is 11.2 Å². The summed E-state index contributed by atoms with van der Waals surface area (Å²) in [4.78, 5) is 17.5. The van der Waals surface area contributed by atoms with Crippen LogP contribution < -0.4 is 0 Å². The van der Waals surface area contributed by atoms with Crippen molar-refractivity contribution in [2.45, 2.75) is 51.9 Å². The third-order valence-corrected chi connectivity index (χ3v) is 4.49. The number of nitrogens with zero attached hydrogens (tertiary/aromatic N) is 1. The van der Waals surface area contributed by atoms with E-state index in [2.05, 4.69) is 11.9 Å². The number of hydrogen-bond donors (Lipinski definition) is 0. The van der Waals surface area contributed by atoms with E-state index in [4.69, 9.17) is 0 Å². The fourth-order valence-electron chi connectivity index (χ4n) is 2.41. The predicted molar refractivity (Wildman–Crippen MR) is 66.8 cm³/mol. The quantitative estimate of drug-likeness (QED) is 0.753. The molecule has 0 amide bonds. The van der Waals surface area contributed by atoms with Crippen LogP contribution in [0, 0.1) is 12.8 Å². The lowest BCUT2D eigenvalue weighted by molar-refractivity contribution is -0.122. The van der Waals surface area contributed by atoms with Gasteiger partial charge in [-0.1, -0.05) is 12.8 Å². The summed E-state index contributed by atoms with van der Waals surface area (Å²) in [6, 6.07) is 0. The van der Waals surface area contributed by atoms with Crippen LogP contribution in [0.25, 0.3) is 0 Å². The number of rotatable bonds is 3. The number of carbonyl (C=O) groups excluding carboxylic acids is 1. The Kier molecular flexibility index (Phi) is 4.10. The Hall–Kier alpha value is -0.700. The summed E-state index contributed by atoms with van der Waals surface area (Å²) < 4.78 is 0. The van der Waals surface area contributed by atoms with E-state index >= 15 is 0 Å². The highest BCUT2D eigenvalue weighted by Crippen LogP contribution is 2.25. The molecule has 1 aliphatic carbocycles. The van der Waals surface area contributed by atoms with E-state index in [9.17, 15) is 4.79 Å². The third kappa shape index (κ3) is 2.91. The molecule has 1 unspecified atom stereocenters. The van der Waals surface area contributed by atoms with Crippen molar-refractivity contribution in [3.05, 3.63) is 16.1 Å². The second-order valence-electron chi connectivity index (χ2n) is 4.66. The maximum Gasteiger partial charge on any atom is 0.135 e. The van der Waals surface area contributed by atoms with Crippen molar-refractivity contribution >= 4 is 17.1 Å². The molecular formula is C13H19NOS. The first kappa shape index (κ1) is 11.8. The molecule has 1 heterocycles. The van der Waals surface area contributed by atoms with Gasteiger partial charge in [-0.3, -0.25) is 4.79 Å². The van der Waals surface area contributed by atoms with Crippen LogP contribution in [-0.4, -0.2) is 10.8 Å². The lowest BCUT2D eigenvalue weighted by Crippen LogP contribution is -2.13. The fraction of sp³-hybridized carbons (Fsp3) is 0.692. The van der Waals surface area contributed by atoms with Gasteiger partial charge < -0.3 is 0 Å². The Bertz CT molecular complexity index is 359. The largest absolute Gasteiger partial charge is 0.299 e. The summed E-state index contributed by atoms with van der Waals surface area (Å²) in [5, 5.41) is 0. The zero-order chi connectivity index (χ0) is 11.4. The zero-order valence-corrected chi connectivity index (χ0v) is 10.7. The standard InChI is InChI=1S/C13H19NOS/c1-10-13(16-9-14-10)8-7-11-5-3-2-4-6-12(11)15/h9,11H,2-8H2,1H3. The Labute approximate surface area is 101 Å². The SMILES string of the molecule is Cc1ncsc1CCC1CCCCCC1=O. The van der Waals surface area contributed by atoms with Crippen molar-refractivity contribution in [1.82, 2.24) is 4.98 Å². The van der Waals surface area contributed by atoms with Crippen LogP contribution in [0.3, 0.4) is 0 Å². The number of thiazole rings is 1. The summed E-state index contributed by atoms with van der Waals surface area (Å²) in [5.74, 6) is 0.823. The van der Waals surface area contributed by atoms with E-state index in [1.54, 1.807) is 11.3 Å². The average molecular weight is 237 g/mol. The number of carbonyl (C=O) groups is 1. The number of Topliss-reactive ketones (excluding diaryl/α,β-unsaturated/α-hetero) is 1. The zero-order valence-electron chi connectivity index (χ0n) is 9.87. The van der Waals surface area contributed by atoms with Gasteiger partial charge in [-0.05, 0) is 32.6 Å². The first-order valence-corrected chi connectivity index (χ1v) is 7.07. The van der Waals surface area contributed by atoms with Gasteiger partial charge in [0.2, 0.25) is 0 Å². The van der Waals surface area contributed by atoms with Crippen LogP contribution >= 0.6 is 11.3 Å². The van der Waals surface area contributed by atoms with Crippen molar-refractivity contribution in [2.75, 3.05) is 0 Å². The summed E-state index contributed by atoms with van der Waals surface area (Å²) in [6.07, 6.45) is 7.56. The van der Waals surface area contributed by atoms with Crippen molar-refractivity contribution in [3.63, 3.8) is 0 Å². The van der Waals surface area contributed by atoms with E-state index in [0.717, 1.165) is 37.8 Å². The minimum absolute atomic E-state index is 0.323. The highest BCUT2D eigenvalue weighted by atomic mass is 32.1. The molecule has 0 bridgehead atoms. The van der Waals surface area contributed by atoms with E-state index in [-0.39, 0.29) is 0 Å². The van der Waals surface area contributed by atoms with Crippen molar-refractivity contribution in [1.29, 1.82) is 0 Å². The summed E-state index contributed by atoms with van der Waals surface area (Å²) in [7, 11) is 0. The second-order valence-corrected chi connectivity index (χ2v) is 5.60. The van der Waals surface area contributed by atoms with Gasteiger partial charge in [-0.15, -0.1) is 11.3 Å². The van der Waals surface area contributed by atoms with Gasteiger partial charge in [-0.2, -0.15) is 0 Å². The highest BCUT2D eigenvalue weighted by Gasteiger charge is 2.20. The fourth-order valence-corrected chi connectivity index (χ4v) is 3.21. The van der Waals surface area contributed by atoms with Crippen LogP contribution in [-0.2, 0) is 11.2 Å². The highest BCUT2D eigenvalue weighted by molar-refractivity contribution is 7.09. The molecule has 0 aromatic carbocycles. The molecule has 0 aliphatic heterocycles. The first-order chi connectivity index (χ1) is 7.77. The molecule has 1 fully saturated rings. The van der Waals surface area contributed by atoms with Gasteiger partial charge in [0.15, 0.2) is 0 Å². The molecule has 3 heteroatoms. The maximum atomic E-state index is 11.8. The van der Waals surface area contributed by atoms with E-state index < -0.39 is 0 Å². The predicted octanol–water partition coefficient (Wildman–Crippen LogP) is 3.53. The van der Waals surface area contributed by atoms with Crippen molar-refractivity contribution in [2.24, 2.45) is 5.92 Å². The van der Waals surface area contributed by atoms with Crippen molar-refractivity contribution in [3.8, 4) is 0 Å². The van der Waals surface area contributed by atoms with Crippen LogP contribution in [0.2, 0.25) is 0 Å². The second kappa shape index (κ2) is 5.58. The first-order valence-electron chi connectivity index (χ1n) is 6.19.